The number of carbonyl (C=O) groups is 1. The van der Waals surface area contributed by atoms with Crippen molar-refractivity contribution in [2.75, 3.05) is 0 Å². The minimum atomic E-state index is -0.291. The summed E-state index contributed by atoms with van der Waals surface area (Å²) < 4.78 is 13.6. The third-order valence-electron chi connectivity index (χ3n) is 2.86. The maximum atomic E-state index is 12.9. The van der Waals surface area contributed by atoms with Gasteiger partial charge in [-0.25, -0.2) is 4.39 Å². The maximum absolute atomic E-state index is 12.9. The second-order valence-corrected chi connectivity index (χ2v) is 6.27. The quantitative estimate of drug-likeness (QED) is 0.739. The lowest BCUT2D eigenvalue weighted by molar-refractivity contribution is -0.118. The van der Waals surface area contributed by atoms with E-state index in [-0.39, 0.29) is 11.6 Å². The molecule has 0 radical (unpaired) electrons. The van der Waals surface area contributed by atoms with Crippen LogP contribution in [0.4, 0.5) is 4.39 Å². The summed E-state index contributed by atoms with van der Waals surface area (Å²) in [5, 5.41) is 2.05. The van der Waals surface area contributed by atoms with Crippen molar-refractivity contribution < 1.29 is 9.18 Å². The fourth-order valence-corrected chi connectivity index (χ4v) is 3.12. The Balaban J connectivity index is 1.80. The molecule has 0 saturated heterocycles. The molecule has 0 N–H and O–H groups in total. The van der Waals surface area contributed by atoms with E-state index in [1.807, 2.05) is 11.4 Å². The van der Waals surface area contributed by atoms with E-state index in [0.29, 0.717) is 17.3 Å². The van der Waals surface area contributed by atoms with Crippen LogP contribution >= 0.6 is 27.3 Å². The molecule has 1 aromatic heterocycles. The highest BCUT2D eigenvalue weighted by Crippen LogP contribution is 2.19. The van der Waals surface area contributed by atoms with Crippen LogP contribution in [0.25, 0.3) is 0 Å². The van der Waals surface area contributed by atoms with Gasteiger partial charge in [0.2, 0.25) is 0 Å². The minimum absolute atomic E-state index is 0.198. The van der Waals surface area contributed by atoms with Gasteiger partial charge in [-0.3, -0.25) is 4.79 Å². The summed E-state index contributed by atoms with van der Waals surface area (Å²) in [4.78, 5) is 13.2. The Kier molecular flexibility index (Phi) is 5.28. The Morgan fingerprint density at radius 1 is 1.32 bits per heavy atom. The van der Waals surface area contributed by atoms with Crippen LogP contribution in [0.5, 0.6) is 0 Å². The Hall–Kier alpha value is -1.00. The highest BCUT2D eigenvalue weighted by molar-refractivity contribution is 9.10. The number of rotatable bonds is 6. The number of hydrogen-bond acceptors (Lipinski definition) is 2. The van der Waals surface area contributed by atoms with Gasteiger partial charge in [-0.05, 0) is 42.0 Å². The molecule has 4 heteroatoms. The number of aryl methyl sites for hydroxylation is 1. The summed E-state index contributed by atoms with van der Waals surface area (Å²) in [6.45, 7) is 0. The summed E-state index contributed by atoms with van der Waals surface area (Å²) in [5.74, 6) is -0.0929. The molecule has 1 heterocycles. The van der Waals surface area contributed by atoms with Gasteiger partial charge in [-0.1, -0.05) is 28.1 Å². The van der Waals surface area contributed by atoms with Crippen molar-refractivity contribution >= 4 is 33.0 Å². The first-order chi connectivity index (χ1) is 9.15. The van der Waals surface area contributed by atoms with Crippen molar-refractivity contribution in [3.63, 3.8) is 0 Å². The summed E-state index contributed by atoms with van der Waals surface area (Å²) in [7, 11) is 0. The Labute approximate surface area is 124 Å². The molecule has 0 spiro atoms. The molecular formula is C15H14BrFOS. The monoisotopic (exact) mass is 340 g/mol. The Bertz CT molecular complexity index is 551. The molecule has 19 heavy (non-hydrogen) atoms. The lowest BCUT2D eigenvalue weighted by Crippen LogP contribution is -2.04. The summed E-state index contributed by atoms with van der Waals surface area (Å²) in [6.07, 6.45) is 2.76. The van der Waals surface area contributed by atoms with Crippen molar-refractivity contribution in [2.45, 2.75) is 25.7 Å². The van der Waals surface area contributed by atoms with Gasteiger partial charge in [0.25, 0.3) is 0 Å². The van der Waals surface area contributed by atoms with Gasteiger partial charge in [-0.2, -0.15) is 0 Å². The molecule has 1 nitrogen and oxygen atoms in total. The molecule has 0 fully saturated rings. The third-order valence-corrected chi connectivity index (χ3v) is 4.54. The van der Waals surface area contributed by atoms with E-state index in [2.05, 4.69) is 22.0 Å². The summed E-state index contributed by atoms with van der Waals surface area (Å²) in [6, 6.07) is 8.56. The van der Waals surface area contributed by atoms with Crippen molar-refractivity contribution in [3.8, 4) is 0 Å². The van der Waals surface area contributed by atoms with Crippen LogP contribution in [-0.4, -0.2) is 5.78 Å². The SMILES string of the molecule is O=C(CCCc1cccs1)Cc1ccc(F)cc1Br. The van der Waals surface area contributed by atoms with E-state index in [9.17, 15) is 9.18 Å². The molecule has 0 aliphatic carbocycles. The molecule has 0 amide bonds. The van der Waals surface area contributed by atoms with E-state index >= 15 is 0 Å². The third kappa shape index (κ3) is 4.55. The summed E-state index contributed by atoms with van der Waals surface area (Å²) >= 11 is 5.01. The average Bonchev–Trinajstić information content (AvgIpc) is 2.86. The second-order valence-electron chi connectivity index (χ2n) is 4.38. The topological polar surface area (TPSA) is 17.1 Å². The van der Waals surface area contributed by atoms with E-state index in [0.717, 1.165) is 18.4 Å². The van der Waals surface area contributed by atoms with E-state index in [4.69, 9.17) is 0 Å². The van der Waals surface area contributed by atoms with Gasteiger partial charge < -0.3 is 0 Å². The first-order valence-electron chi connectivity index (χ1n) is 6.13. The number of hydrogen-bond donors (Lipinski definition) is 0. The Morgan fingerprint density at radius 2 is 2.16 bits per heavy atom. The largest absolute Gasteiger partial charge is 0.299 e. The van der Waals surface area contributed by atoms with Gasteiger partial charge in [0.15, 0.2) is 0 Å². The van der Waals surface area contributed by atoms with Gasteiger partial charge in [0.1, 0.15) is 11.6 Å². The van der Waals surface area contributed by atoms with Crippen molar-refractivity contribution in [3.05, 3.63) is 56.4 Å². The van der Waals surface area contributed by atoms with Gasteiger partial charge >= 0.3 is 0 Å². The number of ketones is 1. The molecule has 0 aliphatic rings. The fraction of sp³-hybridized carbons (Fsp3) is 0.267. The predicted octanol–water partition coefficient (Wildman–Crippen LogP) is 4.78. The van der Waals surface area contributed by atoms with Crippen LogP contribution in [0.2, 0.25) is 0 Å². The normalized spacial score (nSPS) is 10.6. The summed E-state index contributed by atoms with van der Waals surface area (Å²) in [5.41, 5.74) is 0.850. The number of halogens is 2. The van der Waals surface area contributed by atoms with Crippen molar-refractivity contribution in [1.29, 1.82) is 0 Å². The molecule has 0 unspecified atom stereocenters. The molecule has 2 aromatic rings. The molecule has 0 atom stereocenters. The predicted molar refractivity (Wildman–Crippen MR) is 80.1 cm³/mol. The zero-order chi connectivity index (χ0) is 13.7. The molecule has 0 bridgehead atoms. The molecule has 2 rings (SSSR count). The first-order valence-corrected chi connectivity index (χ1v) is 7.80. The van der Waals surface area contributed by atoms with E-state index < -0.39 is 0 Å². The number of thiophene rings is 1. The van der Waals surface area contributed by atoms with Crippen LogP contribution in [-0.2, 0) is 17.6 Å². The van der Waals surface area contributed by atoms with Crippen LogP contribution in [0, 0.1) is 5.82 Å². The first kappa shape index (κ1) is 14.4. The van der Waals surface area contributed by atoms with Gasteiger partial charge in [0.05, 0.1) is 0 Å². The lowest BCUT2D eigenvalue weighted by atomic mass is 10.0. The second kappa shape index (κ2) is 6.96. The standard InChI is InChI=1S/C15H14BrFOS/c16-15-10-12(17)7-6-11(15)9-13(18)3-1-4-14-5-2-8-19-14/h2,5-8,10H,1,3-4,9H2. The molecular weight excluding hydrogens is 327 g/mol. The van der Waals surface area contributed by atoms with Crippen LogP contribution in [0.1, 0.15) is 23.3 Å². The minimum Gasteiger partial charge on any atom is -0.299 e. The van der Waals surface area contributed by atoms with Crippen LogP contribution < -0.4 is 0 Å². The zero-order valence-electron chi connectivity index (χ0n) is 10.4. The number of benzene rings is 1. The van der Waals surface area contributed by atoms with Crippen LogP contribution in [0.3, 0.4) is 0 Å². The molecule has 1 aromatic carbocycles. The van der Waals surface area contributed by atoms with Gasteiger partial charge in [0, 0.05) is 22.2 Å². The number of Topliss-reactive ketones (excluding diaryl/α,β-unsaturated/α-hetero) is 1. The van der Waals surface area contributed by atoms with E-state index in [1.54, 1.807) is 17.4 Å². The average molecular weight is 341 g/mol. The Morgan fingerprint density at radius 3 is 2.84 bits per heavy atom. The fourth-order valence-electron chi connectivity index (χ4n) is 1.88. The van der Waals surface area contributed by atoms with E-state index in [1.165, 1.54) is 17.0 Å². The molecule has 100 valence electrons. The number of carbonyl (C=O) groups excluding carboxylic acids is 1. The maximum Gasteiger partial charge on any atom is 0.137 e. The van der Waals surface area contributed by atoms with Crippen molar-refractivity contribution in [1.82, 2.24) is 0 Å². The van der Waals surface area contributed by atoms with Gasteiger partial charge in [-0.15, -0.1) is 11.3 Å². The smallest absolute Gasteiger partial charge is 0.137 e. The molecule has 0 saturated carbocycles. The highest BCUT2D eigenvalue weighted by atomic mass is 79.9. The lowest BCUT2D eigenvalue weighted by Gasteiger charge is -2.04. The zero-order valence-corrected chi connectivity index (χ0v) is 12.8. The highest BCUT2D eigenvalue weighted by Gasteiger charge is 2.08. The van der Waals surface area contributed by atoms with Crippen molar-refractivity contribution in [2.24, 2.45) is 0 Å². The van der Waals surface area contributed by atoms with Crippen LogP contribution in [0.15, 0.2) is 40.2 Å². The molecule has 0 aliphatic heterocycles.